The molecule has 1 N–H and O–H groups in total. The molecule has 0 aliphatic heterocycles. The second-order valence-corrected chi connectivity index (χ2v) is 5.58. The van der Waals surface area contributed by atoms with E-state index in [2.05, 4.69) is 15.5 Å². The molecule has 126 valence electrons. The Balaban J connectivity index is 1.66. The minimum Gasteiger partial charge on any atom is -0.354 e. The fourth-order valence-corrected chi connectivity index (χ4v) is 2.35. The molecule has 2 aromatic carbocycles. The van der Waals surface area contributed by atoms with Crippen LogP contribution in [0, 0.1) is 5.82 Å². The van der Waals surface area contributed by atoms with E-state index in [1.807, 2.05) is 42.3 Å². The van der Waals surface area contributed by atoms with Gasteiger partial charge in [0.15, 0.2) is 11.5 Å². The van der Waals surface area contributed by atoms with Crippen LogP contribution in [0.3, 0.4) is 0 Å². The first-order valence-corrected chi connectivity index (χ1v) is 7.77. The molecule has 0 fully saturated rings. The molecule has 0 aliphatic carbocycles. The molecule has 0 spiro atoms. The van der Waals surface area contributed by atoms with Crippen LogP contribution in [0.15, 0.2) is 66.7 Å². The molecule has 0 radical (unpaired) electrons. The largest absolute Gasteiger partial charge is 0.354 e. The predicted molar refractivity (Wildman–Crippen MR) is 94.9 cm³/mol. The van der Waals surface area contributed by atoms with Crippen molar-refractivity contribution in [1.29, 1.82) is 0 Å². The van der Waals surface area contributed by atoms with Crippen molar-refractivity contribution in [3.63, 3.8) is 0 Å². The van der Waals surface area contributed by atoms with Crippen molar-refractivity contribution in [2.45, 2.75) is 6.54 Å². The Hall–Kier alpha value is -3.28. The molecule has 0 bridgehead atoms. The molecular weight excluding hydrogens is 319 g/mol. The van der Waals surface area contributed by atoms with Crippen LogP contribution in [0.25, 0.3) is 0 Å². The smallest absolute Gasteiger partial charge is 0.276 e. The van der Waals surface area contributed by atoms with E-state index in [9.17, 15) is 9.18 Å². The normalized spacial score (nSPS) is 10.3. The summed E-state index contributed by atoms with van der Waals surface area (Å²) < 4.78 is 13.2. The van der Waals surface area contributed by atoms with E-state index >= 15 is 0 Å². The van der Waals surface area contributed by atoms with Gasteiger partial charge >= 0.3 is 0 Å². The summed E-state index contributed by atoms with van der Waals surface area (Å²) in [5, 5.41) is 10.7. The molecule has 0 atom stereocenters. The van der Waals surface area contributed by atoms with Crippen LogP contribution in [0.4, 0.5) is 15.9 Å². The molecule has 1 aromatic heterocycles. The lowest BCUT2D eigenvalue weighted by atomic mass is 10.2. The maximum absolute atomic E-state index is 13.2. The Morgan fingerprint density at radius 1 is 1.04 bits per heavy atom. The molecule has 0 aliphatic rings. The monoisotopic (exact) mass is 336 g/mol. The van der Waals surface area contributed by atoms with Crippen molar-refractivity contribution in [3.8, 4) is 0 Å². The Morgan fingerprint density at radius 3 is 2.52 bits per heavy atom. The molecule has 25 heavy (non-hydrogen) atoms. The molecule has 1 heterocycles. The standard InChI is InChI=1S/C19H17FN4O/c1-24(13-14-6-3-2-4-7-14)18-11-10-17(22-23-18)19(25)21-16-9-5-8-15(20)12-16/h2-12H,13H2,1H3,(H,21,25). The number of carbonyl (C=O) groups is 1. The maximum Gasteiger partial charge on any atom is 0.276 e. The fourth-order valence-electron chi connectivity index (χ4n) is 2.35. The number of amides is 1. The zero-order valence-electron chi connectivity index (χ0n) is 13.7. The van der Waals surface area contributed by atoms with Gasteiger partial charge in [0.25, 0.3) is 5.91 Å². The highest BCUT2D eigenvalue weighted by molar-refractivity contribution is 6.02. The van der Waals surface area contributed by atoms with Crippen LogP contribution < -0.4 is 10.2 Å². The first-order valence-electron chi connectivity index (χ1n) is 7.77. The topological polar surface area (TPSA) is 58.1 Å². The highest BCUT2D eigenvalue weighted by Crippen LogP contribution is 2.13. The number of nitrogens with one attached hydrogen (secondary N) is 1. The fraction of sp³-hybridized carbons (Fsp3) is 0.105. The summed E-state index contributed by atoms with van der Waals surface area (Å²) in [7, 11) is 1.91. The summed E-state index contributed by atoms with van der Waals surface area (Å²) in [5.41, 5.74) is 1.69. The highest BCUT2D eigenvalue weighted by atomic mass is 19.1. The van der Waals surface area contributed by atoms with E-state index < -0.39 is 11.7 Å². The van der Waals surface area contributed by atoms with Gasteiger partial charge < -0.3 is 10.2 Å². The van der Waals surface area contributed by atoms with Crippen LogP contribution in [0.2, 0.25) is 0 Å². The second kappa shape index (κ2) is 7.53. The number of benzene rings is 2. The van der Waals surface area contributed by atoms with Crippen molar-refractivity contribution in [2.75, 3.05) is 17.3 Å². The number of anilines is 2. The zero-order chi connectivity index (χ0) is 17.6. The Kier molecular flexibility index (Phi) is 4.99. The van der Waals surface area contributed by atoms with Gasteiger partial charge in [0.1, 0.15) is 5.82 Å². The van der Waals surface area contributed by atoms with Crippen LogP contribution in [-0.4, -0.2) is 23.2 Å². The summed E-state index contributed by atoms with van der Waals surface area (Å²) in [5.74, 6) is -0.191. The number of carbonyl (C=O) groups excluding carboxylic acids is 1. The number of halogens is 1. The predicted octanol–water partition coefficient (Wildman–Crippen LogP) is 3.50. The number of hydrogen-bond acceptors (Lipinski definition) is 4. The molecule has 3 rings (SSSR count). The number of rotatable bonds is 5. The molecule has 6 heteroatoms. The summed E-state index contributed by atoms with van der Waals surface area (Å²) >= 11 is 0. The van der Waals surface area contributed by atoms with Gasteiger partial charge in [0.05, 0.1) is 0 Å². The molecule has 5 nitrogen and oxygen atoms in total. The quantitative estimate of drug-likeness (QED) is 0.775. The lowest BCUT2D eigenvalue weighted by Gasteiger charge is -2.17. The van der Waals surface area contributed by atoms with Gasteiger partial charge in [-0.15, -0.1) is 10.2 Å². The average Bonchev–Trinajstić information content (AvgIpc) is 2.62. The number of hydrogen-bond donors (Lipinski definition) is 1. The Bertz CT molecular complexity index is 853. The van der Waals surface area contributed by atoms with Gasteiger partial charge in [-0.3, -0.25) is 4.79 Å². The van der Waals surface area contributed by atoms with E-state index in [1.54, 1.807) is 18.2 Å². The second-order valence-electron chi connectivity index (χ2n) is 5.58. The number of nitrogens with zero attached hydrogens (tertiary/aromatic N) is 3. The van der Waals surface area contributed by atoms with Gasteiger partial charge in [-0.05, 0) is 35.9 Å². The molecule has 3 aromatic rings. The summed E-state index contributed by atoms with van der Waals surface area (Å²) in [4.78, 5) is 14.1. The molecule has 0 saturated heterocycles. The van der Waals surface area contributed by atoms with Crippen LogP contribution in [0.1, 0.15) is 16.1 Å². The minimum absolute atomic E-state index is 0.168. The van der Waals surface area contributed by atoms with E-state index in [0.29, 0.717) is 18.1 Å². The number of aromatic nitrogens is 2. The third-order valence-electron chi connectivity index (χ3n) is 3.62. The molecular formula is C19H17FN4O. The lowest BCUT2D eigenvalue weighted by molar-refractivity contribution is 0.102. The van der Waals surface area contributed by atoms with Crippen molar-refractivity contribution in [1.82, 2.24) is 10.2 Å². The van der Waals surface area contributed by atoms with Crippen LogP contribution >= 0.6 is 0 Å². The van der Waals surface area contributed by atoms with Gasteiger partial charge in [0, 0.05) is 19.3 Å². The van der Waals surface area contributed by atoms with Crippen molar-refractivity contribution < 1.29 is 9.18 Å². The first kappa shape index (κ1) is 16.6. The van der Waals surface area contributed by atoms with E-state index in [0.717, 1.165) is 5.56 Å². The van der Waals surface area contributed by atoms with Crippen LogP contribution in [-0.2, 0) is 6.54 Å². The Labute approximate surface area is 145 Å². The minimum atomic E-state index is -0.435. The van der Waals surface area contributed by atoms with Gasteiger partial charge in [-0.1, -0.05) is 36.4 Å². The summed E-state index contributed by atoms with van der Waals surface area (Å²) in [6, 6.07) is 19.0. The van der Waals surface area contributed by atoms with E-state index in [4.69, 9.17) is 0 Å². The third-order valence-corrected chi connectivity index (χ3v) is 3.62. The SMILES string of the molecule is CN(Cc1ccccc1)c1ccc(C(=O)Nc2cccc(F)c2)nn1. The summed E-state index contributed by atoms with van der Waals surface area (Å²) in [6.07, 6.45) is 0. The molecule has 0 saturated carbocycles. The van der Waals surface area contributed by atoms with Crippen LogP contribution in [0.5, 0.6) is 0 Å². The average molecular weight is 336 g/mol. The maximum atomic E-state index is 13.2. The van der Waals surface area contributed by atoms with Crippen molar-refractivity contribution in [3.05, 3.63) is 83.8 Å². The van der Waals surface area contributed by atoms with Gasteiger partial charge in [-0.25, -0.2) is 4.39 Å². The van der Waals surface area contributed by atoms with Crippen molar-refractivity contribution >= 4 is 17.4 Å². The Morgan fingerprint density at radius 2 is 1.84 bits per heavy atom. The van der Waals surface area contributed by atoms with E-state index in [1.165, 1.54) is 18.2 Å². The van der Waals surface area contributed by atoms with Gasteiger partial charge in [0.2, 0.25) is 0 Å². The lowest BCUT2D eigenvalue weighted by Crippen LogP contribution is -2.20. The molecule has 1 amide bonds. The highest BCUT2D eigenvalue weighted by Gasteiger charge is 2.11. The molecule has 0 unspecified atom stereocenters. The summed E-state index contributed by atoms with van der Waals surface area (Å²) in [6.45, 7) is 0.685. The zero-order valence-corrected chi connectivity index (χ0v) is 13.7. The van der Waals surface area contributed by atoms with Gasteiger partial charge in [-0.2, -0.15) is 0 Å². The third kappa shape index (κ3) is 4.38. The van der Waals surface area contributed by atoms with E-state index in [-0.39, 0.29) is 5.69 Å². The first-order chi connectivity index (χ1) is 12.1. The van der Waals surface area contributed by atoms with Crippen molar-refractivity contribution in [2.24, 2.45) is 0 Å².